The smallest absolute Gasteiger partial charge is 0.550 e. The minimum Gasteiger partial charge on any atom is -0.550 e. The standard InChI is InChI=1S/C3H10N2.2C2H4O2.Cu/c4-2-1-3-5;2*1-2(3)4;/h1-5H2;2*1H3,(H,3,4);/q;;;+2/p-2. The first-order valence-electron chi connectivity index (χ1n) is 3.63. The van der Waals surface area contributed by atoms with E-state index in [-0.39, 0.29) is 17.1 Å². The third kappa shape index (κ3) is 644. The third-order valence-electron chi connectivity index (χ3n) is 0.408. The van der Waals surface area contributed by atoms with Crippen LogP contribution in [0.5, 0.6) is 0 Å². The fourth-order valence-electron chi connectivity index (χ4n) is 0.118. The second kappa shape index (κ2) is 22.8. The minimum absolute atomic E-state index is 0. The average Bonchev–Trinajstić information content (AvgIpc) is 1.86. The topological polar surface area (TPSA) is 132 Å². The van der Waals surface area contributed by atoms with Crippen molar-refractivity contribution in [1.82, 2.24) is 0 Å². The zero-order valence-electron chi connectivity index (χ0n) is 8.21. The molecule has 0 spiro atoms. The number of rotatable bonds is 2. The van der Waals surface area contributed by atoms with E-state index in [9.17, 15) is 0 Å². The number of carbonyl (C=O) groups is 2. The number of nitrogens with two attached hydrogens (primary N) is 2. The third-order valence-corrected chi connectivity index (χ3v) is 0.408. The van der Waals surface area contributed by atoms with Crippen molar-refractivity contribution < 1.29 is 36.9 Å². The Morgan fingerprint density at radius 2 is 1.14 bits per heavy atom. The second-order valence-corrected chi connectivity index (χ2v) is 1.91. The van der Waals surface area contributed by atoms with Crippen LogP contribution in [0.3, 0.4) is 0 Å². The fraction of sp³-hybridized carbons (Fsp3) is 0.714. The summed E-state index contributed by atoms with van der Waals surface area (Å²) in [6, 6.07) is 0. The zero-order chi connectivity index (χ0) is 11.3. The van der Waals surface area contributed by atoms with Crippen molar-refractivity contribution in [2.24, 2.45) is 11.5 Å². The van der Waals surface area contributed by atoms with Gasteiger partial charge >= 0.3 is 17.1 Å². The number of carboxylic acids is 2. The molecule has 0 atom stereocenters. The number of hydrogen-bond donors (Lipinski definition) is 2. The maximum absolute atomic E-state index is 8.89. The Morgan fingerprint density at radius 1 is 1.00 bits per heavy atom. The van der Waals surface area contributed by atoms with Crippen LogP contribution in [-0.2, 0) is 26.7 Å². The van der Waals surface area contributed by atoms with Crippen LogP contribution in [0.1, 0.15) is 20.3 Å². The predicted octanol–water partition coefficient (Wildman–Crippen LogP) is -3.20. The summed E-state index contributed by atoms with van der Waals surface area (Å²) in [4.78, 5) is 17.8. The Morgan fingerprint density at radius 3 is 1.14 bits per heavy atom. The molecule has 89 valence electrons. The maximum Gasteiger partial charge on any atom is 2.00 e. The minimum atomic E-state index is -1.08. The van der Waals surface area contributed by atoms with E-state index in [1.807, 2.05) is 0 Å². The van der Waals surface area contributed by atoms with Gasteiger partial charge in [-0.3, -0.25) is 0 Å². The molecule has 0 rings (SSSR count). The van der Waals surface area contributed by atoms with Gasteiger partial charge in [0.25, 0.3) is 0 Å². The van der Waals surface area contributed by atoms with E-state index in [1.54, 1.807) is 0 Å². The Bertz CT molecular complexity index is 111. The Labute approximate surface area is 94.1 Å². The van der Waals surface area contributed by atoms with Gasteiger partial charge in [-0.05, 0) is 33.4 Å². The van der Waals surface area contributed by atoms with Crippen molar-refractivity contribution >= 4 is 11.9 Å². The van der Waals surface area contributed by atoms with Crippen LogP contribution in [0.15, 0.2) is 0 Å². The summed E-state index contributed by atoms with van der Waals surface area (Å²) in [5, 5.41) is 17.8. The molecule has 14 heavy (non-hydrogen) atoms. The monoisotopic (exact) mass is 255 g/mol. The molecule has 0 aromatic rings. The quantitative estimate of drug-likeness (QED) is 0.500. The van der Waals surface area contributed by atoms with Gasteiger partial charge in [0.2, 0.25) is 0 Å². The molecule has 0 aliphatic rings. The number of hydrogen-bond acceptors (Lipinski definition) is 6. The van der Waals surface area contributed by atoms with Crippen LogP contribution >= 0.6 is 0 Å². The first kappa shape index (κ1) is 23.3. The molecule has 6 nitrogen and oxygen atoms in total. The maximum atomic E-state index is 8.89. The van der Waals surface area contributed by atoms with E-state index in [0.29, 0.717) is 0 Å². The van der Waals surface area contributed by atoms with Gasteiger partial charge in [0, 0.05) is 11.9 Å². The molecule has 0 amide bonds. The van der Waals surface area contributed by atoms with Gasteiger partial charge in [-0.1, -0.05) is 0 Å². The van der Waals surface area contributed by atoms with Crippen LogP contribution in [0.2, 0.25) is 0 Å². The van der Waals surface area contributed by atoms with Crippen LogP contribution in [0.25, 0.3) is 0 Å². The van der Waals surface area contributed by atoms with E-state index in [0.717, 1.165) is 33.4 Å². The Balaban J connectivity index is -0.0000000522. The molecule has 0 fully saturated rings. The first-order valence-corrected chi connectivity index (χ1v) is 3.63. The molecule has 1 radical (unpaired) electrons. The van der Waals surface area contributed by atoms with Gasteiger partial charge in [-0.2, -0.15) is 0 Å². The molecular formula is C7H16CuN2O4. The summed E-state index contributed by atoms with van der Waals surface area (Å²) in [5.41, 5.74) is 10.1. The van der Waals surface area contributed by atoms with Gasteiger partial charge in [0.15, 0.2) is 0 Å². The van der Waals surface area contributed by atoms with Crippen LogP contribution in [0, 0.1) is 0 Å². The molecule has 0 bridgehead atoms. The summed E-state index contributed by atoms with van der Waals surface area (Å²) >= 11 is 0. The van der Waals surface area contributed by atoms with Gasteiger partial charge in [0.1, 0.15) is 0 Å². The summed E-state index contributed by atoms with van der Waals surface area (Å²) in [6.45, 7) is 3.38. The van der Waals surface area contributed by atoms with Crippen LogP contribution < -0.4 is 21.7 Å². The summed E-state index contributed by atoms with van der Waals surface area (Å²) in [7, 11) is 0. The molecule has 0 aromatic carbocycles. The van der Waals surface area contributed by atoms with Gasteiger partial charge in [0.05, 0.1) is 0 Å². The van der Waals surface area contributed by atoms with E-state index in [1.165, 1.54) is 0 Å². The summed E-state index contributed by atoms with van der Waals surface area (Å²) < 4.78 is 0. The first-order chi connectivity index (χ1) is 5.88. The Hall–Kier alpha value is -0.621. The van der Waals surface area contributed by atoms with Crippen molar-refractivity contribution in [3.05, 3.63) is 0 Å². The molecule has 0 aliphatic heterocycles. The van der Waals surface area contributed by atoms with E-state index in [4.69, 9.17) is 31.3 Å². The van der Waals surface area contributed by atoms with Gasteiger partial charge < -0.3 is 31.3 Å². The molecule has 0 saturated carbocycles. The number of carboxylic acid groups (broad SMARTS) is 2. The van der Waals surface area contributed by atoms with Crippen LogP contribution in [0.4, 0.5) is 0 Å². The number of aliphatic carboxylic acids is 2. The van der Waals surface area contributed by atoms with E-state index < -0.39 is 11.9 Å². The summed E-state index contributed by atoms with van der Waals surface area (Å²) in [5.74, 6) is -2.17. The molecule has 4 N–H and O–H groups in total. The molecule has 7 heteroatoms. The number of carbonyl (C=O) groups excluding carboxylic acids is 2. The van der Waals surface area contributed by atoms with E-state index >= 15 is 0 Å². The molecule has 0 heterocycles. The van der Waals surface area contributed by atoms with Crippen molar-refractivity contribution in [1.29, 1.82) is 0 Å². The van der Waals surface area contributed by atoms with Gasteiger partial charge in [-0.25, -0.2) is 0 Å². The molecule has 0 aromatic heterocycles. The molecule has 0 aliphatic carbocycles. The molecule has 0 unspecified atom stereocenters. The van der Waals surface area contributed by atoms with Crippen LogP contribution in [-0.4, -0.2) is 25.0 Å². The molecule has 0 saturated heterocycles. The second-order valence-electron chi connectivity index (χ2n) is 1.91. The largest absolute Gasteiger partial charge is 2.00 e. The summed E-state index contributed by atoms with van der Waals surface area (Å²) in [6.07, 6.45) is 0.944. The van der Waals surface area contributed by atoms with Crippen molar-refractivity contribution in [3.63, 3.8) is 0 Å². The SMILES string of the molecule is CC(=O)[O-].CC(=O)[O-].NCCCN.[Cu+2]. The molecular weight excluding hydrogens is 240 g/mol. The van der Waals surface area contributed by atoms with Gasteiger partial charge in [-0.15, -0.1) is 0 Å². The predicted molar refractivity (Wildman–Crippen MR) is 44.1 cm³/mol. The van der Waals surface area contributed by atoms with E-state index in [2.05, 4.69) is 0 Å². The normalized spacial score (nSPS) is 6.57. The fourth-order valence-corrected chi connectivity index (χ4v) is 0.118. The van der Waals surface area contributed by atoms with Crippen molar-refractivity contribution in [2.75, 3.05) is 13.1 Å². The van der Waals surface area contributed by atoms with Crippen molar-refractivity contribution in [3.8, 4) is 0 Å². The average molecular weight is 256 g/mol. The van der Waals surface area contributed by atoms with Crippen molar-refractivity contribution in [2.45, 2.75) is 20.3 Å². The zero-order valence-corrected chi connectivity index (χ0v) is 9.15. The Kier molecular flexibility index (Phi) is 38.0.